The standard InChI is InChI=1S/C18H23N5O/c1-13-12-14(2)21-18(20-13)23-16(10-11-19-23)22-17(24)9-8-15-6-4-3-5-7-15/h8-12,15H,3-7H2,1-2H3,(H,22,24)/b9-8+. The average Bonchev–Trinajstić information content (AvgIpc) is 3.01. The summed E-state index contributed by atoms with van der Waals surface area (Å²) in [5.41, 5.74) is 1.73. The van der Waals surface area contributed by atoms with E-state index in [4.69, 9.17) is 0 Å². The molecule has 0 radical (unpaired) electrons. The second-order valence-electron chi connectivity index (χ2n) is 6.33. The molecule has 0 unspecified atom stereocenters. The molecule has 2 aromatic heterocycles. The third-order valence-corrected chi connectivity index (χ3v) is 4.22. The molecule has 126 valence electrons. The fourth-order valence-corrected chi connectivity index (χ4v) is 3.08. The van der Waals surface area contributed by atoms with Crippen molar-refractivity contribution in [2.45, 2.75) is 46.0 Å². The van der Waals surface area contributed by atoms with E-state index in [1.807, 2.05) is 26.0 Å². The zero-order valence-electron chi connectivity index (χ0n) is 14.2. The maximum atomic E-state index is 12.2. The number of aryl methyl sites for hydroxylation is 2. The van der Waals surface area contributed by atoms with Crippen LogP contribution in [0, 0.1) is 19.8 Å². The number of hydrogen-bond donors (Lipinski definition) is 1. The van der Waals surface area contributed by atoms with Gasteiger partial charge in [-0.25, -0.2) is 9.97 Å². The van der Waals surface area contributed by atoms with Crippen LogP contribution >= 0.6 is 0 Å². The Morgan fingerprint density at radius 2 is 1.92 bits per heavy atom. The quantitative estimate of drug-likeness (QED) is 0.875. The molecule has 6 nitrogen and oxygen atoms in total. The number of rotatable bonds is 4. The van der Waals surface area contributed by atoms with Gasteiger partial charge in [0.15, 0.2) is 0 Å². The van der Waals surface area contributed by atoms with E-state index in [1.54, 1.807) is 23.0 Å². The van der Waals surface area contributed by atoms with Crippen LogP contribution in [0.5, 0.6) is 0 Å². The fourth-order valence-electron chi connectivity index (χ4n) is 3.08. The summed E-state index contributed by atoms with van der Waals surface area (Å²) in [6.07, 6.45) is 11.5. The van der Waals surface area contributed by atoms with Crippen LogP contribution in [-0.4, -0.2) is 25.7 Å². The molecular formula is C18H23N5O. The van der Waals surface area contributed by atoms with Crippen molar-refractivity contribution in [1.82, 2.24) is 19.7 Å². The van der Waals surface area contributed by atoms with Crippen molar-refractivity contribution in [3.63, 3.8) is 0 Å². The van der Waals surface area contributed by atoms with Gasteiger partial charge in [-0.1, -0.05) is 25.3 Å². The van der Waals surface area contributed by atoms with Gasteiger partial charge in [-0.2, -0.15) is 9.78 Å². The topological polar surface area (TPSA) is 72.7 Å². The fraction of sp³-hybridized carbons (Fsp3) is 0.444. The molecule has 1 amide bonds. The predicted octanol–water partition coefficient (Wildman–Crippen LogP) is 3.35. The molecule has 6 heteroatoms. The van der Waals surface area contributed by atoms with Crippen LogP contribution in [0.15, 0.2) is 30.5 Å². The lowest BCUT2D eigenvalue weighted by Gasteiger charge is -2.17. The summed E-state index contributed by atoms with van der Waals surface area (Å²) in [7, 11) is 0. The van der Waals surface area contributed by atoms with Crippen LogP contribution in [0.1, 0.15) is 43.5 Å². The summed E-state index contributed by atoms with van der Waals surface area (Å²) >= 11 is 0. The lowest BCUT2D eigenvalue weighted by Crippen LogP contribution is -2.15. The molecule has 0 saturated heterocycles. The number of anilines is 1. The van der Waals surface area contributed by atoms with Gasteiger partial charge in [0, 0.05) is 17.5 Å². The largest absolute Gasteiger partial charge is 0.307 e. The van der Waals surface area contributed by atoms with Crippen molar-refractivity contribution >= 4 is 11.7 Å². The van der Waals surface area contributed by atoms with E-state index in [0.717, 1.165) is 11.4 Å². The van der Waals surface area contributed by atoms with Crippen LogP contribution in [-0.2, 0) is 4.79 Å². The average molecular weight is 325 g/mol. The second-order valence-corrected chi connectivity index (χ2v) is 6.33. The molecule has 3 rings (SSSR count). The summed E-state index contributed by atoms with van der Waals surface area (Å²) in [5.74, 6) is 1.41. The first-order valence-electron chi connectivity index (χ1n) is 8.48. The van der Waals surface area contributed by atoms with Crippen LogP contribution in [0.4, 0.5) is 5.82 Å². The molecule has 1 aliphatic rings. The smallest absolute Gasteiger partial charge is 0.252 e. The maximum Gasteiger partial charge on any atom is 0.252 e. The summed E-state index contributed by atoms with van der Waals surface area (Å²) in [5, 5.41) is 7.09. The van der Waals surface area contributed by atoms with Gasteiger partial charge < -0.3 is 5.32 Å². The summed E-state index contributed by atoms with van der Waals surface area (Å²) in [4.78, 5) is 21.0. The zero-order valence-corrected chi connectivity index (χ0v) is 14.2. The van der Waals surface area contributed by atoms with Crippen molar-refractivity contribution in [3.05, 3.63) is 41.9 Å². The van der Waals surface area contributed by atoms with Gasteiger partial charge in [-0.05, 0) is 44.7 Å². The lowest BCUT2D eigenvalue weighted by atomic mass is 9.89. The normalized spacial score (nSPS) is 15.8. The Balaban J connectivity index is 1.71. The van der Waals surface area contributed by atoms with E-state index in [0.29, 0.717) is 17.7 Å². The highest BCUT2D eigenvalue weighted by molar-refractivity contribution is 5.98. The molecule has 1 saturated carbocycles. The Bertz CT molecular complexity index is 723. The number of hydrogen-bond acceptors (Lipinski definition) is 4. The van der Waals surface area contributed by atoms with Gasteiger partial charge in [0.1, 0.15) is 5.82 Å². The molecule has 1 aliphatic carbocycles. The van der Waals surface area contributed by atoms with E-state index in [-0.39, 0.29) is 5.91 Å². The molecule has 0 bridgehead atoms. The highest BCUT2D eigenvalue weighted by Crippen LogP contribution is 2.24. The van der Waals surface area contributed by atoms with Crippen molar-refractivity contribution < 1.29 is 4.79 Å². The minimum Gasteiger partial charge on any atom is -0.307 e. The van der Waals surface area contributed by atoms with Crippen LogP contribution < -0.4 is 5.32 Å². The predicted molar refractivity (Wildman–Crippen MR) is 93.0 cm³/mol. The number of nitrogens with zero attached hydrogens (tertiary/aromatic N) is 4. The SMILES string of the molecule is Cc1cc(C)nc(-n2nccc2NC(=O)/C=C/C2CCCCC2)n1. The number of carbonyl (C=O) groups is 1. The number of carbonyl (C=O) groups excluding carboxylic acids is 1. The second kappa shape index (κ2) is 7.38. The maximum absolute atomic E-state index is 12.2. The number of allylic oxidation sites excluding steroid dienone is 1. The lowest BCUT2D eigenvalue weighted by molar-refractivity contribution is -0.112. The Morgan fingerprint density at radius 3 is 2.62 bits per heavy atom. The molecule has 1 N–H and O–H groups in total. The van der Waals surface area contributed by atoms with Crippen LogP contribution in [0.2, 0.25) is 0 Å². The Labute approximate surface area is 142 Å². The zero-order chi connectivity index (χ0) is 16.9. The van der Waals surface area contributed by atoms with Crippen LogP contribution in [0.3, 0.4) is 0 Å². The number of nitrogens with one attached hydrogen (secondary N) is 1. The van der Waals surface area contributed by atoms with E-state index < -0.39 is 0 Å². The summed E-state index contributed by atoms with van der Waals surface area (Å²) < 4.78 is 1.55. The highest BCUT2D eigenvalue weighted by atomic mass is 16.1. The van der Waals surface area contributed by atoms with Gasteiger partial charge >= 0.3 is 0 Å². The Hall–Kier alpha value is -2.50. The molecule has 0 aliphatic heterocycles. The molecule has 0 atom stereocenters. The van der Waals surface area contributed by atoms with Gasteiger partial charge in [-0.3, -0.25) is 4.79 Å². The summed E-state index contributed by atoms with van der Waals surface area (Å²) in [6.45, 7) is 3.82. The van der Waals surface area contributed by atoms with Crippen LogP contribution in [0.25, 0.3) is 5.95 Å². The Kier molecular flexibility index (Phi) is 5.03. The third kappa shape index (κ3) is 4.07. The van der Waals surface area contributed by atoms with Gasteiger partial charge in [-0.15, -0.1) is 0 Å². The molecule has 0 aromatic carbocycles. The molecule has 2 aromatic rings. The number of amides is 1. The minimum atomic E-state index is -0.147. The third-order valence-electron chi connectivity index (χ3n) is 4.22. The van der Waals surface area contributed by atoms with E-state index in [2.05, 4.69) is 20.4 Å². The van der Waals surface area contributed by atoms with Crippen molar-refractivity contribution in [2.24, 2.45) is 5.92 Å². The number of aromatic nitrogens is 4. The first-order valence-corrected chi connectivity index (χ1v) is 8.48. The monoisotopic (exact) mass is 325 g/mol. The molecule has 2 heterocycles. The molecular weight excluding hydrogens is 302 g/mol. The van der Waals surface area contributed by atoms with Gasteiger partial charge in [0.2, 0.25) is 5.91 Å². The van der Waals surface area contributed by atoms with Gasteiger partial charge in [0.05, 0.1) is 6.20 Å². The van der Waals surface area contributed by atoms with E-state index >= 15 is 0 Å². The van der Waals surface area contributed by atoms with Crippen molar-refractivity contribution in [3.8, 4) is 5.95 Å². The first kappa shape index (κ1) is 16.4. The molecule has 1 fully saturated rings. The van der Waals surface area contributed by atoms with Crippen molar-refractivity contribution in [1.29, 1.82) is 0 Å². The van der Waals surface area contributed by atoms with Crippen molar-refractivity contribution in [2.75, 3.05) is 5.32 Å². The van der Waals surface area contributed by atoms with Gasteiger partial charge in [0.25, 0.3) is 5.95 Å². The molecule has 0 spiro atoms. The van der Waals surface area contributed by atoms with E-state index in [1.165, 1.54) is 32.1 Å². The minimum absolute atomic E-state index is 0.147. The summed E-state index contributed by atoms with van der Waals surface area (Å²) in [6, 6.07) is 3.64. The molecule has 24 heavy (non-hydrogen) atoms. The highest BCUT2D eigenvalue weighted by Gasteiger charge is 2.12. The van der Waals surface area contributed by atoms with E-state index in [9.17, 15) is 4.79 Å². The first-order chi connectivity index (χ1) is 11.6. The Morgan fingerprint density at radius 1 is 1.21 bits per heavy atom.